The number of hydrazine groups is 1. The molecule has 0 unspecified atom stereocenters. The van der Waals surface area contributed by atoms with E-state index in [1.165, 1.54) is 0 Å². The van der Waals surface area contributed by atoms with Crippen molar-refractivity contribution in [3.63, 3.8) is 0 Å². The molecule has 0 bridgehead atoms. The number of anilines is 3. The maximum absolute atomic E-state index is 12.0. The number of ether oxygens (including phenoxy) is 1. The smallest absolute Gasteiger partial charge is 0.245 e. The fraction of sp³-hybridized carbons (Fsp3) is 0.292. The molecular weight excluding hydrogens is 390 g/mol. The summed E-state index contributed by atoms with van der Waals surface area (Å²) >= 11 is 0. The lowest BCUT2D eigenvalue weighted by Gasteiger charge is -2.37. The summed E-state index contributed by atoms with van der Waals surface area (Å²) in [5.41, 5.74) is 3.80. The van der Waals surface area contributed by atoms with Crippen LogP contribution in [0.25, 0.3) is 11.3 Å². The van der Waals surface area contributed by atoms with Crippen molar-refractivity contribution in [2.24, 2.45) is 0 Å². The van der Waals surface area contributed by atoms with Crippen LogP contribution in [-0.2, 0) is 9.53 Å². The lowest BCUT2D eigenvalue weighted by molar-refractivity contribution is -0.117. The Hall–Kier alpha value is -3.29. The molecule has 1 aromatic heterocycles. The van der Waals surface area contributed by atoms with Gasteiger partial charge in [-0.1, -0.05) is 30.3 Å². The maximum atomic E-state index is 12.0. The highest BCUT2D eigenvalue weighted by Crippen LogP contribution is 2.29. The van der Waals surface area contributed by atoms with E-state index in [1.54, 1.807) is 6.20 Å². The first-order valence-corrected chi connectivity index (χ1v) is 10.7. The van der Waals surface area contributed by atoms with Crippen LogP contribution in [0.4, 0.5) is 17.3 Å². The molecule has 2 aliphatic heterocycles. The topological polar surface area (TPSA) is 61.8 Å². The minimum Gasteiger partial charge on any atom is -0.379 e. The van der Waals surface area contributed by atoms with Gasteiger partial charge in [0.2, 0.25) is 11.9 Å². The van der Waals surface area contributed by atoms with Crippen LogP contribution in [0.1, 0.15) is 12.8 Å². The van der Waals surface area contributed by atoms with Crippen LogP contribution in [0, 0.1) is 0 Å². The number of benzene rings is 2. The summed E-state index contributed by atoms with van der Waals surface area (Å²) in [5.74, 6) is 0.825. The number of carbonyl (C=O) groups is 1. The SMILES string of the molecule is O=C1CCCN1c1ccc(-c2ccnc(N(c3ccccc3)N3CCOCC3)n2)cc1. The van der Waals surface area contributed by atoms with Gasteiger partial charge in [0, 0.05) is 43.5 Å². The van der Waals surface area contributed by atoms with E-state index in [0.29, 0.717) is 25.6 Å². The molecule has 1 amide bonds. The van der Waals surface area contributed by atoms with Crippen molar-refractivity contribution in [3.8, 4) is 11.3 Å². The molecule has 158 valence electrons. The lowest BCUT2D eigenvalue weighted by atomic mass is 10.1. The van der Waals surface area contributed by atoms with Crippen LogP contribution in [0.15, 0.2) is 66.9 Å². The first kappa shape index (κ1) is 19.7. The van der Waals surface area contributed by atoms with Gasteiger partial charge in [-0.2, -0.15) is 0 Å². The van der Waals surface area contributed by atoms with Crippen molar-refractivity contribution in [3.05, 3.63) is 66.9 Å². The Morgan fingerprint density at radius 1 is 0.903 bits per heavy atom. The van der Waals surface area contributed by atoms with E-state index in [9.17, 15) is 4.79 Å². The van der Waals surface area contributed by atoms with E-state index in [-0.39, 0.29) is 5.91 Å². The molecule has 5 rings (SSSR count). The maximum Gasteiger partial charge on any atom is 0.245 e. The molecule has 2 aliphatic rings. The number of aromatic nitrogens is 2. The van der Waals surface area contributed by atoms with Gasteiger partial charge in [0.25, 0.3) is 0 Å². The van der Waals surface area contributed by atoms with E-state index < -0.39 is 0 Å². The second-order valence-electron chi connectivity index (χ2n) is 7.65. The van der Waals surface area contributed by atoms with Crippen molar-refractivity contribution in [2.75, 3.05) is 42.8 Å². The average Bonchev–Trinajstić information content (AvgIpc) is 3.27. The molecule has 0 aliphatic carbocycles. The predicted octanol–water partition coefficient (Wildman–Crippen LogP) is 3.66. The van der Waals surface area contributed by atoms with Crippen LogP contribution in [0.3, 0.4) is 0 Å². The molecule has 31 heavy (non-hydrogen) atoms. The van der Waals surface area contributed by atoms with Gasteiger partial charge >= 0.3 is 0 Å². The highest BCUT2D eigenvalue weighted by molar-refractivity contribution is 5.95. The Kier molecular flexibility index (Phi) is 5.60. The number of nitrogens with zero attached hydrogens (tertiary/aromatic N) is 5. The third-order valence-corrected chi connectivity index (χ3v) is 5.65. The molecule has 2 aromatic carbocycles. The Labute approximate surface area is 181 Å². The summed E-state index contributed by atoms with van der Waals surface area (Å²) in [6, 6.07) is 20.1. The molecule has 3 heterocycles. The molecule has 3 aromatic rings. The van der Waals surface area contributed by atoms with Gasteiger partial charge in [0.1, 0.15) is 0 Å². The second kappa shape index (κ2) is 8.83. The van der Waals surface area contributed by atoms with Gasteiger partial charge < -0.3 is 9.64 Å². The minimum absolute atomic E-state index is 0.195. The van der Waals surface area contributed by atoms with Crippen molar-refractivity contribution in [1.29, 1.82) is 0 Å². The Morgan fingerprint density at radius 2 is 1.68 bits per heavy atom. The zero-order valence-corrected chi connectivity index (χ0v) is 17.4. The highest BCUT2D eigenvalue weighted by Gasteiger charge is 2.24. The van der Waals surface area contributed by atoms with Crippen LogP contribution in [-0.4, -0.2) is 53.7 Å². The Morgan fingerprint density at radius 3 is 2.39 bits per heavy atom. The number of morpholine rings is 1. The molecule has 7 heteroatoms. The number of carbonyl (C=O) groups excluding carboxylic acids is 1. The fourth-order valence-corrected chi connectivity index (χ4v) is 4.07. The standard InChI is InChI=1S/C24H25N5O2/c30-23-7-4-14-28(23)20-10-8-19(9-11-20)22-12-13-25-24(26-22)29(21-5-2-1-3-6-21)27-15-17-31-18-16-27/h1-3,5-6,8-13H,4,7,14-18H2. The molecule has 0 spiro atoms. The quantitative estimate of drug-likeness (QED) is 0.634. The van der Waals surface area contributed by atoms with Crippen LogP contribution < -0.4 is 9.91 Å². The monoisotopic (exact) mass is 415 g/mol. The van der Waals surface area contributed by atoms with Crippen molar-refractivity contribution >= 4 is 23.2 Å². The zero-order valence-electron chi connectivity index (χ0n) is 17.4. The normalized spacial score (nSPS) is 17.2. The molecule has 7 nitrogen and oxygen atoms in total. The Balaban J connectivity index is 1.46. The predicted molar refractivity (Wildman–Crippen MR) is 120 cm³/mol. The third kappa shape index (κ3) is 4.15. The Bertz CT molecular complexity index is 1040. The second-order valence-corrected chi connectivity index (χ2v) is 7.65. The summed E-state index contributed by atoms with van der Waals surface area (Å²) in [5, 5.41) is 4.29. The van der Waals surface area contributed by atoms with Gasteiger partial charge in [-0.15, -0.1) is 0 Å². The molecule has 0 atom stereocenters. The number of rotatable bonds is 5. The van der Waals surface area contributed by atoms with Crippen LogP contribution in [0.2, 0.25) is 0 Å². The molecule has 2 fully saturated rings. The van der Waals surface area contributed by atoms with E-state index >= 15 is 0 Å². The van der Waals surface area contributed by atoms with E-state index in [1.807, 2.05) is 53.4 Å². The van der Waals surface area contributed by atoms with Crippen LogP contribution >= 0.6 is 0 Å². The van der Waals surface area contributed by atoms with Crippen molar-refractivity contribution in [1.82, 2.24) is 15.0 Å². The first-order valence-electron chi connectivity index (χ1n) is 10.7. The molecule has 0 N–H and O–H groups in total. The van der Waals surface area contributed by atoms with Gasteiger partial charge in [-0.05, 0) is 36.8 Å². The van der Waals surface area contributed by atoms with Crippen molar-refractivity contribution in [2.45, 2.75) is 12.8 Å². The molecule has 0 radical (unpaired) electrons. The fourth-order valence-electron chi connectivity index (χ4n) is 4.07. The van der Waals surface area contributed by atoms with Gasteiger partial charge in [-0.25, -0.2) is 20.0 Å². The summed E-state index contributed by atoms with van der Waals surface area (Å²) in [6.45, 7) is 3.71. The summed E-state index contributed by atoms with van der Waals surface area (Å²) in [6.07, 6.45) is 3.35. The lowest BCUT2D eigenvalue weighted by Crippen LogP contribution is -2.47. The molecular formula is C24H25N5O2. The number of hydrogen-bond acceptors (Lipinski definition) is 6. The number of hydrogen-bond donors (Lipinski definition) is 0. The largest absolute Gasteiger partial charge is 0.379 e. The summed E-state index contributed by atoms with van der Waals surface area (Å²) < 4.78 is 5.54. The van der Waals surface area contributed by atoms with E-state index in [4.69, 9.17) is 9.72 Å². The van der Waals surface area contributed by atoms with Crippen LogP contribution in [0.5, 0.6) is 0 Å². The minimum atomic E-state index is 0.195. The number of amides is 1. The average molecular weight is 415 g/mol. The van der Waals surface area contributed by atoms with Gasteiger partial charge in [0.15, 0.2) is 0 Å². The molecule has 2 saturated heterocycles. The third-order valence-electron chi connectivity index (χ3n) is 5.65. The van der Waals surface area contributed by atoms with E-state index in [0.717, 1.165) is 48.7 Å². The number of para-hydroxylation sites is 1. The summed E-state index contributed by atoms with van der Waals surface area (Å²) in [4.78, 5) is 23.3. The highest BCUT2D eigenvalue weighted by atomic mass is 16.5. The summed E-state index contributed by atoms with van der Waals surface area (Å²) in [7, 11) is 0. The van der Waals surface area contributed by atoms with Gasteiger partial charge in [-0.3, -0.25) is 4.79 Å². The zero-order chi connectivity index (χ0) is 21.0. The van der Waals surface area contributed by atoms with Crippen molar-refractivity contribution < 1.29 is 9.53 Å². The van der Waals surface area contributed by atoms with Gasteiger partial charge in [0.05, 0.1) is 24.6 Å². The first-order chi connectivity index (χ1) is 15.3. The van der Waals surface area contributed by atoms with E-state index in [2.05, 4.69) is 27.1 Å². The molecule has 0 saturated carbocycles.